The second kappa shape index (κ2) is 10.2. The fourth-order valence-corrected chi connectivity index (χ4v) is 3.19. The van der Waals surface area contributed by atoms with Gasteiger partial charge in [-0.15, -0.1) is 0 Å². The number of carbonyl (C=O) groups is 1. The molecule has 1 amide bonds. The average molecular weight is 349 g/mol. The van der Waals surface area contributed by atoms with Crippen LogP contribution >= 0.6 is 11.8 Å². The Labute approximate surface area is 149 Å². The molecule has 1 aliphatic rings. The number of anilines is 1. The maximum atomic E-state index is 11.8. The number of hydrogen-bond acceptors (Lipinski definition) is 3. The molecule has 1 aromatic rings. The van der Waals surface area contributed by atoms with E-state index in [1.54, 1.807) is 7.05 Å². The van der Waals surface area contributed by atoms with Crippen molar-refractivity contribution in [3.05, 3.63) is 29.8 Å². The molecule has 0 saturated carbocycles. The van der Waals surface area contributed by atoms with Crippen molar-refractivity contribution in [1.82, 2.24) is 10.6 Å². The van der Waals surface area contributed by atoms with E-state index in [0.29, 0.717) is 6.42 Å². The minimum absolute atomic E-state index is 0.229. The monoisotopic (exact) mass is 348 g/mol. The summed E-state index contributed by atoms with van der Waals surface area (Å²) in [5.74, 6) is 2.27. The van der Waals surface area contributed by atoms with E-state index in [9.17, 15) is 4.79 Å². The summed E-state index contributed by atoms with van der Waals surface area (Å²) in [4.78, 5) is 17.9. The normalized spacial score (nSPS) is 15.0. The van der Waals surface area contributed by atoms with Crippen molar-refractivity contribution in [3.63, 3.8) is 0 Å². The van der Waals surface area contributed by atoms with Crippen molar-refractivity contribution >= 4 is 29.3 Å². The van der Waals surface area contributed by atoms with E-state index in [2.05, 4.69) is 34.0 Å². The summed E-state index contributed by atoms with van der Waals surface area (Å²) in [5.41, 5.74) is 2.17. The van der Waals surface area contributed by atoms with Crippen LogP contribution in [0.4, 0.5) is 5.69 Å². The number of benzene rings is 1. The standard InChI is InChI=1S/C18H28N4OS/c1-19-18(20-11-3-4-13-24-2)21-14-15-7-9-16(10-8-15)22-12-5-6-17(22)23/h7-10H,3-6,11-14H2,1-2H3,(H2,19,20,21). The van der Waals surface area contributed by atoms with E-state index < -0.39 is 0 Å². The number of thioether (sulfide) groups is 1. The van der Waals surface area contributed by atoms with Gasteiger partial charge in [0, 0.05) is 38.8 Å². The molecule has 0 unspecified atom stereocenters. The molecule has 1 aromatic carbocycles. The Balaban J connectivity index is 1.75. The number of amides is 1. The molecule has 6 heteroatoms. The number of rotatable bonds is 8. The third kappa shape index (κ3) is 5.74. The largest absolute Gasteiger partial charge is 0.356 e. The fraction of sp³-hybridized carbons (Fsp3) is 0.556. The van der Waals surface area contributed by atoms with Crippen LogP contribution in [0.25, 0.3) is 0 Å². The predicted molar refractivity (Wildman–Crippen MR) is 104 cm³/mol. The van der Waals surface area contributed by atoms with Gasteiger partial charge in [0.2, 0.25) is 5.91 Å². The van der Waals surface area contributed by atoms with E-state index in [4.69, 9.17) is 0 Å². The van der Waals surface area contributed by atoms with Crippen molar-refractivity contribution in [2.75, 3.05) is 37.0 Å². The van der Waals surface area contributed by atoms with Gasteiger partial charge < -0.3 is 15.5 Å². The van der Waals surface area contributed by atoms with Crippen molar-refractivity contribution in [1.29, 1.82) is 0 Å². The maximum Gasteiger partial charge on any atom is 0.227 e. The number of carbonyl (C=O) groups excluding carboxylic acids is 1. The molecule has 0 bridgehead atoms. The van der Waals surface area contributed by atoms with Crippen LogP contribution in [-0.4, -0.2) is 44.0 Å². The fourth-order valence-electron chi connectivity index (χ4n) is 2.70. The average Bonchev–Trinajstić information content (AvgIpc) is 3.04. The first-order valence-corrected chi connectivity index (χ1v) is 9.96. The molecule has 24 heavy (non-hydrogen) atoms. The highest BCUT2D eigenvalue weighted by Crippen LogP contribution is 2.21. The smallest absolute Gasteiger partial charge is 0.227 e. The third-order valence-corrected chi connectivity index (χ3v) is 4.77. The molecule has 1 aliphatic heterocycles. The van der Waals surface area contributed by atoms with Gasteiger partial charge in [-0.1, -0.05) is 12.1 Å². The van der Waals surface area contributed by atoms with Crippen LogP contribution in [0.1, 0.15) is 31.2 Å². The van der Waals surface area contributed by atoms with Gasteiger partial charge in [0.15, 0.2) is 5.96 Å². The van der Waals surface area contributed by atoms with E-state index in [1.165, 1.54) is 17.7 Å². The second-order valence-corrected chi connectivity index (χ2v) is 6.85. The highest BCUT2D eigenvalue weighted by molar-refractivity contribution is 7.98. The van der Waals surface area contributed by atoms with Gasteiger partial charge in [-0.25, -0.2) is 0 Å². The van der Waals surface area contributed by atoms with Gasteiger partial charge in [0.1, 0.15) is 0 Å². The lowest BCUT2D eigenvalue weighted by Gasteiger charge is -2.16. The van der Waals surface area contributed by atoms with Crippen molar-refractivity contribution < 1.29 is 4.79 Å². The SMILES string of the molecule is CN=C(NCCCCSC)NCc1ccc(N2CCCC2=O)cc1. The Hall–Kier alpha value is -1.69. The van der Waals surface area contributed by atoms with E-state index in [-0.39, 0.29) is 5.91 Å². The third-order valence-electron chi connectivity index (χ3n) is 4.07. The minimum atomic E-state index is 0.229. The number of aliphatic imine (C=N–C) groups is 1. The lowest BCUT2D eigenvalue weighted by molar-refractivity contribution is -0.117. The topological polar surface area (TPSA) is 56.7 Å². The molecule has 0 aliphatic carbocycles. The number of nitrogens with zero attached hydrogens (tertiary/aromatic N) is 2. The quantitative estimate of drug-likeness (QED) is 0.431. The minimum Gasteiger partial charge on any atom is -0.356 e. The second-order valence-electron chi connectivity index (χ2n) is 5.87. The molecular weight excluding hydrogens is 320 g/mol. The Morgan fingerprint density at radius 3 is 2.67 bits per heavy atom. The molecule has 0 aromatic heterocycles. The molecule has 5 nitrogen and oxygen atoms in total. The highest BCUT2D eigenvalue weighted by Gasteiger charge is 2.21. The van der Waals surface area contributed by atoms with Crippen LogP contribution in [-0.2, 0) is 11.3 Å². The Kier molecular flexibility index (Phi) is 7.95. The number of nitrogens with one attached hydrogen (secondary N) is 2. The number of guanidine groups is 1. The summed E-state index contributed by atoms with van der Waals surface area (Å²) >= 11 is 1.89. The lowest BCUT2D eigenvalue weighted by Crippen LogP contribution is -2.37. The summed E-state index contributed by atoms with van der Waals surface area (Å²) in [5, 5.41) is 6.66. The Morgan fingerprint density at radius 1 is 1.25 bits per heavy atom. The Morgan fingerprint density at radius 2 is 2.04 bits per heavy atom. The van der Waals surface area contributed by atoms with Crippen LogP contribution in [0.5, 0.6) is 0 Å². The van der Waals surface area contributed by atoms with Crippen LogP contribution < -0.4 is 15.5 Å². The van der Waals surface area contributed by atoms with Gasteiger partial charge in [-0.2, -0.15) is 11.8 Å². The van der Waals surface area contributed by atoms with Crippen molar-refractivity contribution in [2.24, 2.45) is 4.99 Å². The zero-order chi connectivity index (χ0) is 17.2. The lowest BCUT2D eigenvalue weighted by atomic mass is 10.2. The van der Waals surface area contributed by atoms with E-state index in [1.807, 2.05) is 28.8 Å². The van der Waals surface area contributed by atoms with Crippen LogP contribution in [0.3, 0.4) is 0 Å². The molecule has 0 spiro atoms. The van der Waals surface area contributed by atoms with Crippen molar-refractivity contribution in [2.45, 2.75) is 32.2 Å². The maximum absolute atomic E-state index is 11.8. The van der Waals surface area contributed by atoms with E-state index >= 15 is 0 Å². The molecule has 1 saturated heterocycles. The highest BCUT2D eigenvalue weighted by atomic mass is 32.2. The Bertz CT molecular complexity index is 544. The summed E-state index contributed by atoms with van der Waals surface area (Å²) in [6.45, 7) is 2.50. The summed E-state index contributed by atoms with van der Waals surface area (Å²) < 4.78 is 0. The number of hydrogen-bond donors (Lipinski definition) is 2. The molecule has 132 valence electrons. The first-order valence-electron chi connectivity index (χ1n) is 8.57. The van der Waals surface area contributed by atoms with Crippen LogP contribution in [0, 0.1) is 0 Å². The number of unbranched alkanes of at least 4 members (excludes halogenated alkanes) is 1. The van der Waals surface area contributed by atoms with Crippen molar-refractivity contribution in [3.8, 4) is 0 Å². The molecule has 0 atom stereocenters. The molecule has 2 N–H and O–H groups in total. The predicted octanol–water partition coefficient (Wildman–Crippen LogP) is 2.62. The summed E-state index contributed by atoms with van der Waals surface area (Å²) in [6, 6.07) is 8.19. The van der Waals surface area contributed by atoms with Crippen LogP contribution in [0.2, 0.25) is 0 Å². The van der Waals surface area contributed by atoms with Crippen LogP contribution in [0.15, 0.2) is 29.3 Å². The molecule has 1 heterocycles. The zero-order valence-electron chi connectivity index (χ0n) is 14.7. The first-order chi connectivity index (χ1) is 11.7. The molecule has 2 rings (SSSR count). The first kappa shape index (κ1) is 18.6. The van der Waals surface area contributed by atoms with Gasteiger partial charge in [-0.05, 0) is 49.0 Å². The van der Waals surface area contributed by atoms with Gasteiger partial charge in [-0.3, -0.25) is 9.79 Å². The zero-order valence-corrected chi connectivity index (χ0v) is 15.5. The molecule has 1 fully saturated rings. The van der Waals surface area contributed by atoms with E-state index in [0.717, 1.165) is 44.1 Å². The van der Waals surface area contributed by atoms with Gasteiger partial charge in [0.05, 0.1) is 0 Å². The van der Waals surface area contributed by atoms with Gasteiger partial charge >= 0.3 is 0 Å². The summed E-state index contributed by atoms with van der Waals surface area (Å²) in [6.07, 6.45) is 6.14. The van der Waals surface area contributed by atoms with Gasteiger partial charge in [0.25, 0.3) is 0 Å². The summed E-state index contributed by atoms with van der Waals surface area (Å²) in [7, 11) is 1.79. The molecular formula is C18H28N4OS. The molecule has 0 radical (unpaired) electrons.